The first-order valence-corrected chi connectivity index (χ1v) is 14.0. The minimum absolute atomic E-state index is 0.115. The number of aryl methyl sites for hydroxylation is 1. The van der Waals surface area contributed by atoms with Gasteiger partial charge in [-0.2, -0.15) is 0 Å². The Hall–Kier alpha value is -2.14. The standard InChI is InChI=1S/C24H38O4.C6H5Br/c1-3-5-7-9-11-13-16-20-17-15-18-21(22(20)23(25)26)24(27)28-19-14-12-10-8-6-4-2;7-6-4-2-1-3-5-6/h15,17-18H,3-14,16,19H2,1-2H3,(H,25,26);1-5H. The van der Waals surface area contributed by atoms with Gasteiger partial charge < -0.3 is 9.84 Å². The molecule has 1 N–H and O–H groups in total. The van der Waals surface area contributed by atoms with E-state index in [1.54, 1.807) is 12.1 Å². The van der Waals surface area contributed by atoms with Gasteiger partial charge >= 0.3 is 11.9 Å². The van der Waals surface area contributed by atoms with Crippen molar-refractivity contribution >= 4 is 27.9 Å². The van der Waals surface area contributed by atoms with Crippen LogP contribution in [-0.4, -0.2) is 23.7 Å². The molecule has 0 heterocycles. The SMILES string of the molecule is Brc1ccccc1.CCCCCCCCOC(=O)c1cccc(CCCCCCCC)c1C(=O)O. The maximum Gasteiger partial charge on any atom is 0.339 e. The van der Waals surface area contributed by atoms with E-state index in [2.05, 4.69) is 29.8 Å². The molecule has 0 saturated heterocycles. The number of carboxylic acids is 1. The van der Waals surface area contributed by atoms with Gasteiger partial charge in [0.15, 0.2) is 0 Å². The first kappa shape index (κ1) is 30.9. The third-order valence-electron chi connectivity index (χ3n) is 5.85. The fraction of sp³-hybridized carbons (Fsp3) is 0.533. The third-order valence-corrected chi connectivity index (χ3v) is 6.38. The number of unbranched alkanes of at least 4 members (excludes halogenated alkanes) is 10. The van der Waals surface area contributed by atoms with E-state index >= 15 is 0 Å². The Morgan fingerprint density at radius 2 is 1.31 bits per heavy atom. The first-order valence-electron chi connectivity index (χ1n) is 13.2. The maximum atomic E-state index is 12.4. The number of carbonyl (C=O) groups is 2. The number of benzene rings is 2. The predicted octanol–water partition coefficient (Wildman–Crippen LogP) is 9.25. The molecule has 0 saturated carbocycles. The van der Waals surface area contributed by atoms with Crippen LogP contribution in [0.4, 0.5) is 0 Å². The monoisotopic (exact) mass is 546 g/mol. The Morgan fingerprint density at radius 3 is 1.86 bits per heavy atom. The summed E-state index contributed by atoms with van der Waals surface area (Å²) in [6.07, 6.45) is 14.3. The van der Waals surface area contributed by atoms with Gasteiger partial charge in [0.1, 0.15) is 0 Å². The van der Waals surface area contributed by atoms with Crippen LogP contribution >= 0.6 is 15.9 Å². The molecule has 194 valence electrons. The van der Waals surface area contributed by atoms with E-state index in [0.717, 1.165) is 42.1 Å². The highest BCUT2D eigenvalue weighted by atomic mass is 79.9. The average molecular weight is 548 g/mol. The van der Waals surface area contributed by atoms with Gasteiger partial charge in [0.05, 0.1) is 17.7 Å². The summed E-state index contributed by atoms with van der Waals surface area (Å²) in [4.78, 5) is 24.2. The molecule has 0 spiro atoms. The lowest BCUT2D eigenvalue weighted by Gasteiger charge is -2.12. The molecule has 4 nitrogen and oxygen atoms in total. The van der Waals surface area contributed by atoms with Gasteiger partial charge in [0.25, 0.3) is 0 Å². The van der Waals surface area contributed by atoms with Gasteiger partial charge in [-0.25, -0.2) is 9.59 Å². The number of carboxylic acid groups (broad SMARTS) is 1. The average Bonchev–Trinajstić information content (AvgIpc) is 2.86. The zero-order valence-corrected chi connectivity index (χ0v) is 23.2. The van der Waals surface area contributed by atoms with Crippen molar-refractivity contribution in [2.75, 3.05) is 6.61 Å². The van der Waals surface area contributed by atoms with Gasteiger partial charge in [0.2, 0.25) is 0 Å². The van der Waals surface area contributed by atoms with Crippen LogP contribution in [0, 0.1) is 0 Å². The van der Waals surface area contributed by atoms with Gasteiger partial charge in [-0.05, 0) is 43.0 Å². The summed E-state index contributed by atoms with van der Waals surface area (Å²) in [5.41, 5.74) is 1.03. The van der Waals surface area contributed by atoms with E-state index in [0.29, 0.717) is 13.0 Å². The molecule has 0 aliphatic carbocycles. The number of hydrogen-bond acceptors (Lipinski definition) is 3. The third kappa shape index (κ3) is 14.1. The number of carbonyl (C=O) groups excluding carboxylic acids is 1. The molecule has 2 rings (SSSR count). The van der Waals surface area contributed by atoms with Crippen molar-refractivity contribution in [3.8, 4) is 0 Å². The Morgan fingerprint density at radius 1 is 0.743 bits per heavy atom. The topological polar surface area (TPSA) is 63.6 Å². The van der Waals surface area contributed by atoms with Crippen LogP contribution in [0.25, 0.3) is 0 Å². The van der Waals surface area contributed by atoms with Crippen molar-refractivity contribution in [2.45, 2.75) is 97.3 Å². The Bertz CT molecular complexity index is 836. The van der Waals surface area contributed by atoms with Crippen molar-refractivity contribution in [1.29, 1.82) is 0 Å². The van der Waals surface area contributed by atoms with Crippen molar-refractivity contribution in [1.82, 2.24) is 0 Å². The quantitative estimate of drug-likeness (QED) is 0.168. The lowest BCUT2D eigenvalue weighted by Crippen LogP contribution is -2.15. The lowest BCUT2D eigenvalue weighted by atomic mass is 9.96. The van der Waals surface area contributed by atoms with Crippen LogP contribution in [0.15, 0.2) is 53.0 Å². The van der Waals surface area contributed by atoms with Gasteiger partial charge in [-0.15, -0.1) is 0 Å². The Labute approximate surface area is 220 Å². The van der Waals surface area contributed by atoms with Crippen LogP contribution in [0.3, 0.4) is 0 Å². The Kier molecular flexibility index (Phi) is 17.7. The fourth-order valence-electron chi connectivity index (χ4n) is 3.87. The molecule has 5 heteroatoms. The molecule has 0 unspecified atom stereocenters. The van der Waals surface area contributed by atoms with Crippen molar-refractivity contribution < 1.29 is 19.4 Å². The van der Waals surface area contributed by atoms with Crippen LogP contribution in [0.2, 0.25) is 0 Å². The van der Waals surface area contributed by atoms with E-state index in [9.17, 15) is 14.7 Å². The number of aromatic carboxylic acids is 1. The normalized spacial score (nSPS) is 10.4. The van der Waals surface area contributed by atoms with Crippen LogP contribution in [0.5, 0.6) is 0 Å². The summed E-state index contributed by atoms with van der Waals surface area (Å²) in [6.45, 7) is 4.73. The Balaban J connectivity index is 0.000000744. The molecule has 0 fully saturated rings. The molecule has 0 aromatic heterocycles. The van der Waals surface area contributed by atoms with Crippen molar-refractivity contribution in [3.05, 3.63) is 69.7 Å². The second-order valence-electron chi connectivity index (χ2n) is 8.86. The molecule has 35 heavy (non-hydrogen) atoms. The summed E-state index contributed by atoms with van der Waals surface area (Å²) in [7, 11) is 0. The summed E-state index contributed by atoms with van der Waals surface area (Å²) in [5, 5.41) is 9.65. The van der Waals surface area contributed by atoms with E-state index in [1.165, 1.54) is 44.9 Å². The molecule has 0 aliphatic heterocycles. The molecule has 2 aromatic rings. The molecule has 0 radical (unpaired) electrons. The van der Waals surface area contributed by atoms with Crippen LogP contribution < -0.4 is 0 Å². The summed E-state index contributed by atoms with van der Waals surface area (Å²) in [6, 6.07) is 15.1. The molecule has 0 aliphatic rings. The highest BCUT2D eigenvalue weighted by Gasteiger charge is 2.21. The number of ether oxygens (including phenoxy) is 1. The number of esters is 1. The summed E-state index contributed by atoms with van der Waals surface area (Å²) in [5.74, 6) is -1.57. The largest absolute Gasteiger partial charge is 0.478 e. The van der Waals surface area contributed by atoms with Crippen molar-refractivity contribution in [3.63, 3.8) is 0 Å². The molecule has 0 atom stereocenters. The molecule has 0 bridgehead atoms. The summed E-state index contributed by atoms with van der Waals surface area (Å²) >= 11 is 3.31. The highest BCUT2D eigenvalue weighted by molar-refractivity contribution is 9.10. The van der Waals surface area contributed by atoms with Gasteiger partial charge in [0, 0.05) is 4.47 Å². The second kappa shape index (κ2) is 20.1. The number of rotatable bonds is 16. The molecule has 0 amide bonds. The van der Waals surface area contributed by atoms with E-state index in [4.69, 9.17) is 4.74 Å². The van der Waals surface area contributed by atoms with E-state index < -0.39 is 11.9 Å². The summed E-state index contributed by atoms with van der Waals surface area (Å²) < 4.78 is 6.48. The smallest absolute Gasteiger partial charge is 0.339 e. The number of hydrogen-bond donors (Lipinski definition) is 1. The van der Waals surface area contributed by atoms with E-state index in [1.807, 2.05) is 36.4 Å². The predicted molar refractivity (Wildman–Crippen MR) is 148 cm³/mol. The first-order chi connectivity index (χ1) is 17.0. The van der Waals surface area contributed by atoms with Gasteiger partial charge in [-0.1, -0.05) is 124 Å². The highest BCUT2D eigenvalue weighted by Crippen LogP contribution is 2.20. The molecular formula is C30H43BrO4. The van der Waals surface area contributed by atoms with Crippen LogP contribution in [-0.2, 0) is 11.2 Å². The maximum absolute atomic E-state index is 12.4. The minimum atomic E-state index is -1.05. The number of halogens is 1. The molecule has 2 aromatic carbocycles. The molecular weight excluding hydrogens is 504 g/mol. The van der Waals surface area contributed by atoms with Crippen LogP contribution in [0.1, 0.15) is 117 Å². The zero-order chi connectivity index (χ0) is 25.7. The minimum Gasteiger partial charge on any atom is -0.478 e. The van der Waals surface area contributed by atoms with E-state index in [-0.39, 0.29) is 11.1 Å². The van der Waals surface area contributed by atoms with Gasteiger partial charge in [-0.3, -0.25) is 0 Å². The second-order valence-corrected chi connectivity index (χ2v) is 9.78. The fourth-order valence-corrected chi connectivity index (χ4v) is 4.17. The van der Waals surface area contributed by atoms with Crippen molar-refractivity contribution in [2.24, 2.45) is 0 Å². The lowest BCUT2D eigenvalue weighted by molar-refractivity contribution is 0.0487. The zero-order valence-electron chi connectivity index (χ0n) is 21.6.